The minimum atomic E-state index is 0.562. The Balaban J connectivity index is 1.79. The molecular weight excluding hydrogens is 298 g/mol. The van der Waals surface area contributed by atoms with E-state index < -0.39 is 0 Å². The van der Waals surface area contributed by atoms with Crippen molar-refractivity contribution < 1.29 is 0 Å². The molecule has 2 aromatic rings. The van der Waals surface area contributed by atoms with E-state index in [9.17, 15) is 0 Å². The van der Waals surface area contributed by atoms with Gasteiger partial charge in [-0.25, -0.2) is 0 Å². The van der Waals surface area contributed by atoms with Gasteiger partial charge in [0.25, 0.3) is 0 Å². The molecule has 0 radical (unpaired) electrons. The third-order valence-corrected chi connectivity index (χ3v) is 4.47. The van der Waals surface area contributed by atoms with E-state index in [0.717, 1.165) is 32.0 Å². The zero-order valence-electron chi connectivity index (χ0n) is 15.6. The summed E-state index contributed by atoms with van der Waals surface area (Å²) in [5.74, 6) is 0.864. The van der Waals surface area contributed by atoms with E-state index in [2.05, 4.69) is 77.7 Å². The highest BCUT2D eigenvalue weighted by atomic mass is 15.2. The third kappa shape index (κ3) is 4.99. The molecule has 1 aromatic heterocycles. The molecule has 0 saturated heterocycles. The van der Waals surface area contributed by atoms with Crippen LogP contribution in [0.3, 0.4) is 0 Å². The number of hydrogen-bond acceptors (Lipinski definition) is 2. The molecule has 5 heteroatoms. The van der Waals surface area contributed by atoms with Crippen molar-refractivity contribution >= 4 is 16.9 Å². The molecule has 0 atom stereocenters. The Hall–Kier alpha value is -2.01. The summed E-state index contributed by atoms with van der Waals surface area (Å²) >= 11 is 0. The van der Waals surface area contributed by atoms with Gasteiger partial charge in [-0.1, -0.05) is 12.1 Å². The van der Waals surface area contributed by atoms with Crippen LogP contribution in [0.4, 0.5) is 0 Å². The molecular formula is C19H31N5. The van der Waals surface area contributed by atoms with Gasteiger partial charge in [-0.3, -0.25) is 4.99 Å². The smallest absolute Gasteiger partial charge is 0.191 e. The summed E-state index contributed by atoms with van der Waals surface area (Å²) in [4.78, 5) is 9.96. The highest BCUT2D eigenvalue weighted by molar-refractivity contribution is 5.84. The van der Waals surface area contributed by atoms with Gasteiger partial charge < -0.3 is 20.5 Å². The molecule has 1 aromatic carbocycles. The Morgan fingerprint density at radius 3 is 2.71 bits per heavy atom. The predicted octanol–water partition coefficient (Wildman–Crippen LogP) is 2.52. The first-order valence-corrected chi connectivity index (χ1v) is 8.72. The molecule has 1 heterocycles. The summed E-state index contributed by atoms with van der Waals surface area (Å²) in [6, 6.07) is 7.12. The summed E-state index contributed by atoms with van der Waals surface area (Å²) in [5, 5.41) is 8.07. The fourth-order valence-electron chi connectivity index (χ4n) is 2.65. The van der Waals surface area contributed by atoms with Crippen molar-refractivity contribution in [3.63, 3.8) is 0 Å². The lowest BCUT2D eigenvalue weighted by Crippen LogP contribution is -2.42. The molecule has 0 spiro atoms. The van der Waals surface area contributed by atoms with Crippen molar-refractivity contribution in [3.05, 3.63) is 35.5 Å². The predicted molar refractivity (Wildman–Crippen MR) is 104 cm³/mol. The van der Waals surface area contributed by atoms with Gasteiger partial charge in [-0.15, -0.1) is 0 Å². The maximum Gasteiger partial charge on any atom is 0.191 e. The van der Waals surface area contributed by atoms with Gasteiger partial charge in [0.2, 0.25) is 0 Å². The zero-order valence-corrected chi connectivity index (χ0v) is 15.6. The van der Waals surface area contributed by atoms with Gasteiger partial charge in [0.05, 0.1) is 0 Å². The SMILES string of the molecule is CN=C(NCCc1c[nH]c2cc(C)ccc12)NCCN(C)C(C)C. The molecule has 0 bridgehead atoms. The summed E-state index contributed by atoms with van der Waals surface area (Å²) in [6.45, 7) is 9.28. The zero-order chi connectivity index (χ0) is 17.5. The van der Waals surface area contributed by atoms with E-state index in [1.165, 1.54) is 22.0 Å². The van der Waals surface area contributed by atoms with Crippen molar-refractivity contribution in [2.45, 2.75) is 33.2 Å². The van der Waals surface area contributed by atoms with Gasteiger partial charge in [-0.05, 0) is 51.4 Å². The number of nitrogens with zero attached hydrogens (tertiary/aromatic N) is 2. The number of aromatic nitrogens is 1. The summed E-state index contributed by atoms with van der Waals surface area (Å²) in [5.41, 5.74) is 3.83. The van der Waals surface area contributed by atoms with Gasteiger partial charge >= 0.3 is 0 Å². The Morgan fingerprint density at radius 1 is 1.25 bits per heavy atom. The van der Waals surface area contributed by atoms with Gasteiger partial charge in [-0.2, -0.15) is 0 Å². The molecule has 24 heavy (non-hydrogen) atoms. The molecule has 0 aliphatic carbocycles. The standard InChI is InChI=1S/C19H31N5/c1-14(2)24(5)11-10-22-19(20-4)21-9-8-16-13-23-18-12-15(3)6-7-17(16)18/h6-7,12-14,23H,8-11H2,1-5H3,(H2,20,21,22). The number of rotatable bonds is 7. The molecule has 0 fully saturated rings. The number of H-pyrrole nitrogens is 1. The number of aromatic amines is 1. The molecule has 3 N–H and O–H groups in total. The van der Waals surface area contributed by atoms with Crippen LogP contribution in [-0.2, 0) is 6.42 Å². The fraction of sp³-hybridized carbons (Fsp3) is 0.526. The average molecular weight is 329 g/mol. The maximum atomic E-state index is 4.29. The molecule has 0 aliphatic heterocycles. The second-order valence-corrected chi connectivity index (χ2v) is 6.61. The van der Waals surface area contributed by atoms with Crippen LogP contribution in [0.15, 0.2) is 29.4 Å². The highest BCUT2D eigenvalue weighted by Gasteiger charge is 2.05. The van der Waals surface area contributed by atoms with E-state index in [1.807, 2.05) is 7.05 Å². The number of aliphatic imine (C=N–C) groups is 1. The van der Waals surface area contributed by atoms with E-state index in [1.54, 1.807) is 0 Å². The van der Waals surface area contributed by atoms with E-state index >= 15 is 0 Å². The van der Waals surface area contributed by atoms with E-state index in [4.69, 9.17) is 0 Å². The Morgan fingerprint density at radius 2 is 2.00 bits per heavy atom. The second-order valence-electron chi connectivity index (χ2n) is 6.61. The molecule has 0 aliphatic rings. The van der Waals surface area contributed by atoms with Crippen molar-refractivity contribution in [1.82, 2.24) is 20.5 Å². The van der Waals surface area contributed by atoms with Crippen molar-refractivity contribution in [2.24, 2.45) is 4.99 Å². The third-order valence-electron chi connectivity index (χ3n) is 4.47. The van der Waals surface area contributed by atoms with Crippen LogP contribution in [0.25, 0.3) is 10.9 Å². The van der Waals surface area contributed by atoms with E-state index in [-0.39, 0.29) is 0 Å². The van der Waals surface area contributed by atoms with Crippen molar-refractivity contribution in [1.29, 1.82) is 0 Å². The first kappa shape index (κ1) is 18.3. The molecule has 132 valence electrons. The molecule has 0 amide bonds. The normalized spacial score (nSPS) is 12.4. The number of fused-ring (bicyclic) bond motifs is 1. The lowest BCUT2D eigenvalue weighted by atomic mass is 10.1. The van der Waals surface area contributed by atoms with Gasteiger partial charge in [0, 0.05) is 49.8 Å². The van der Waals surface area contributed by atoms with Crippen LogP contribution >= 0.6 is 0 Å². The quantitative estimate of drug-likeness (QED) is 0.540. The van der Waals surface area contributed by atoms with Crippen LogP contribution in [0.2, 0.25) is 0 Å². The van der Waals surface area contributed by atoms with Crippen molar-refractivity contribution in [2.75, 3.05) is 33.7 Å². The number of nitrogens with one attached hydrogen (secondary N) is 3. The number of hydrogen-bond donors (Lipinski definition) is 3. The number of benzene rings is 1. The molecule has 2 rings (SSSR count). The Labute approximate surface area is 145 Å². The van der Waals surface area contributed by atoms with Gasteiger partial charge in [0.15, 0.2) is 5.96 Å². The lowest BCUT2D eigenvalue weighted by Gasteiger charge is -2.21. The van der Waals surface area contributed by atoms with Gasteiger partial charge in [0.1, 0.15) is 0 Å². The van der Waals surface area contributed by atoms with Crippen molar-refractivity contribution in [3.8, 4) is 0 Å². The minimum absolute atomic E-state index is 0.562. The summed E-state index contributed by atoms with van der Waals surface area (Å²) in [7, 11) is 3.96. The average Bonchev–Trinajstić information content (AvgIpc) is 2.95. The highest BCUT2D eigenvalue weighted by Crippen LogP contribution is 2.19. The molecule has 5 nitrogen and oxygen atoms in total. The van der Waals surface area contributed by atoms with E-state index in [0.29, 0.717) is 6.04 Å². The fourth-order valence-corrected chi connectivity index (χ4v) is 2.65. The van der Waals surface area contributed by atoms with Crippen LogP contribution in [-0.4, -0.2) is 55.6 Å². The number of aryl methyl sites for hydroxylation is 1. The van der Waals surface area contributed by atoms with Crippen LogP contribution in [0, 0.1) is 6.92 Å². The van der Waals surface area contributed by atoms with Crippen LogP contribution in [0.5, 0.6) is 0 Å². The second kappa shape index (κ2) is 8.73. The number of guanidine groups is 1. The van der Waals surface area contributed by atoms with Crippen LogP contribution in [0.1, 0.15) is 25.0 Å². The lowest BCUT2D eigenvalue weighted by molar-refractivity contribution is 0.278. The number of likely N-dealkylation sites (N-methyl/N-ethyl adjacent to an activating group) is 1. The Kier molecular flexibility index (Phi) is 6.67. The monoisotopic (exact) mass is 329 g/mol. The summed E-state index contributed by atoms with van der Waals surface area (Å²) < 4.78 is 0. The topological polar surface area (TPSA) is 55.5 Å². The minimum Gasteiger partial charge on any atom is -0.361 e. The molecule has 0 saturated carbocycles. The van der Waals surface area contributed by atoms with Crippen LogP contribution < -0.4 is 10.6 Å². The first-order chi connectivity index (χ1) is 11.5. The largest absolute Gasteiger partial charge is 0.361 e. The summed E-state index contributed by atoms with van der Waals surface area (Å²) in [6.07, 6.45) is 3.08. The molecule has 0 unspecified atom stereocenters. The maximum absolute atomic E-state index is 4.29. The first-order valence-electron chi connectivity index (χ1n) is 8.72. The Bertz CT molecular complexity index is 671.